The van der Waals surface area contributed by atoms with Crippen molar-refractivity contribution < 1.29 is 19.1 Å². The summed E-state index contributed by atoms with van der Waals surface area (Å²) in [5, 5.41) is 5.02. The van der Waals surface area contributed by atoms with Crippen molar-refractivity contribution in [2.24, 2.45) is 0 Å². The molecular weight excluding hydrogens is 364 g/mol. The normalized spacial score (nSPS) is 11.8. The van der Waals surface area contributed by atoms with Crippen LogP contribution in [0.1, 0.15) is 19.4 Å². The number of amides is 2. The van der Waals surface area contributed by atoms with Gasteiger partial charge in [-0.05, 0) is 37.6 Å². The fraction of sp³-hybridized carbons (Fsp3) is 0.312. The molecule has 23 heavy (non-hydrogen) atoms. The van der Waals surface area contributed by atoms with Crippen LogP contribution in [0.5, 0.6) is 0 Å². The molecule has 2 N–H and O–H groups in total. The second-order valence-electron chi connectivity index (χ2n) is 4.68. The van der Waals surface area contributed by atoms with Crippen molar-refractivity contribution in [2.75, 3.05) is 13.2 Å². The number of hydrogen-bond donors (Lipinski definition) is 2. The maximum absolute atomic E-state index is 11.6. The van der Waals surface area contributed by atoms with Crippen LogP contribution in [-0.2, 0) is 19.1 Å². The van der Waals surface area contributed by atoms with E-state index in [1.165, 1.54) is 6.08 Å². The Morgan fingerprint density at radius 2 is 1.91 bits per heavy atom. The molecule has 1 aromatic carbocycles. The Labute approximate surface area is 143 Å². The average Bonchev–Trinajstić information content (AvgIpc) is 2.52. The highest BCUT2D eigenvalue weighted by Crippen LogP contribution is 2.11. The van der Waals surface area contributed by atoms with Crippen molar-refractivity contribution in [2.45, 2.75) is 19.9 Å². The summed E-state index contributed by atoms with van der Waals surface area (Å²) in [7, 11) is 0. The van der Waals surface area contributed by atoms with Gasteiger partial charge in [-0.25, -0.2) is 4.79 Å². The summed E-state index contributed by atoms with van der Waals surface area (Å²) in [6, 6.07) is 6.67. The molecule has 1 atom stereocenters. The summed E-state index contributed by atoms with van der Waals surface area (Å²) in [5.41, 5.74) is 0.833. The third kappa shape index (κ3) is 7.60. The van der Waals surface area contributed by atoms with Gasteiger partial charge in [-0.1, -0.05) is 28.1 Å². The molecule has 0 fully saturated rings. The van der Waals surface area contributed by atoms with E-state index in [4.69, 9.17) is 4.74 Å². The van der Waals surface area contributed by atoms with Crippen molar-refractivity contribution in [1.82, 2.24) is 10.6 Å². The highest BCUT2D eigenvalue weighted by molar-refractivity contribution is 9.10. The number of rotatable bonds is 7. The van der Waals surface area contributed by atoms with Crippen molar-refractivity contribution in [3.8, 4) is 0 Å². The molecule has 0 radical (unpaired) electrons. The highest BCUT2D eigenvalue weighted by Gasteiger charge is 2.15. The minimum Gasteiger partial charge on any atom is -0.452 e. The Bertz CT molecular complexity index is 584. The van der Waals surface area contributed by atoms with Crippen LogP contribution in [-0.4, -0.2) is 37.0 Å². The number of esters is 1. The summed E-state index contributed by atoms with van der Waals surface area (Å²) in [6.07, 6.45) is 2.83. The molecule has 0 aliphatic heterocycles. The Balaban J connectivity index is 2.36. The molecule has 0 aliphatic carbocycles. The fourth-order valence-corrected chi connectivity index (χ4v) is 1.86. The van der Waals surface area contributed by atoms with Crippen LogP contribution in [0.2, 0.25) is 0 Å². The molecule has 0 heterocycles. The van der Waals surface area contributed by atoms with Crippen LogP contribution < -0.4 is 10.6 Å². The van der Waals surface area contributed by atoms with Gasteiger partial charge in [-0.3, -0.25) is 9.59 Å². The van der Waals surface area contributed by atoms with E-state index >= 15 is 0 Å². The second kappa shape index (κ2) is 9.78. The Morgan fingerprint density at radius 3 is 2.52 bits per heavy atom. The lowest BCUT2D eigenvalue weighted by atomic mass is 10.2. The minimum absolute atomic E-state index is 0.290. The maximum atomic E-state index is 11.6. The number of halogens is 1. The molecule has 0 aliphatic rings. The van der Waals surface area contributed by atoms with Crippen LogP contribution in [0.3, 0.4) is 0 Å². The molecular formula is C16H19BrN2O4. The molecule has 0 bridgehead atoms. The standard InChI is InChI=1S/C16H19BrN2O4/c1-3-18-16(22)11(2)19-14(20)10-23-15(21)9-6-12-4-7-13(17)8-5-12/h4-9,11H,3,10H2,1-2H3,(H,18,22)(H,19,20)/b9-6+/t11-/m1/s1. The SMILES string of the molecule is CCNC(=O)[C@@H](C)NC(=O)COC(=O)/C=C/c1ccc(Br)cc1. The number of ether oxygens (including phenoxy) is 1. The van der Waals surface area contributed by atoms with E-state index in [0.29, 0.717) is 6.54 Å². The Hall–Kier alpha value is -2.15. The maximum Gasteiger partial charge on any atom is 0.331 e. The third-order valence-corrected chi connectivity index (χ3v) is 3.28. The first-order chi connectivity index (χ1) is 10.9. The zero-order chi connectivity index (χ0) is 17.2. The van der Waals surface area contributed by atoms with E-state index in [1.807, 2.05) is 24.3 Å². The number of likely N-dealkylation sites (N-methyl/N-ethyl adjacent to an activating group) is 1. The first kappa shape index (κ1) is 18.9. The number of benzene rings is 1. The van der Waals surface area contributed by atoms with E-state index < -0.39 is 24.5 Å². The monoisotopic (exact) mass is 382 g/mol. The highest BCUT2D eigenvalue weighted by atomic mass is 79.9. The predicted molar refractivity (Wildman–Crippen MR) is 90.4 cm³/mol. The zero-order valence-electron chi connectivity index (χ0n) is 13.0. The van der Waals surface area contributed by atoms with E-state index in [2.05, 4.69) is 26.6 Å². The summed E-state index contributed by atoms with van der Waals surface area (Å²) in [6.45, 7) is 3.38. The topological polar surface area (TPSA) is 84.5 Å². The number of carbonyl (C=O) groups excluding carboxylic acids is 3. The molecule has 0 aromatic heterocycles. The second-order valence-corrected chi connectivity index (χ2v) is 5.59. The molecule has 124 valence electrons. The lowest BCUT2D eigenvalue weighted by molar-refractivity contribution is -0.144. The van der Waals surface area contributed by atoms with Crippen molar-refractivity contribution in [3.63, 3.8) is 0 Å². The van der Waals surface area contributed by atoms with E-state index in [9.17, 15) is 14.4 Å². The van der Waals surface area contributed by atoms with E-state index in [0.717, 1.165) is 10.0 Å². The van der Waals surface area contributed by atoms with E-state index in [-0.39, 0.29) is 5.91 Å². The first-order valence-corrected chi connectivity index (χ1v) is 7.89. The van der Waals surface area contributed by atoms with Gasteiger partial charge >= 0.3 is 5.97 Å². The molecule has 6 nitrogen and oxygen atoms in total. The number of carbonyl (C=O) groups is 3. The van der Waals surface area contributed by atoms with Gasteiger partial charge in [-0.2, -0.15) is 0 Å². The lowest BCUT2D eigenvalue weighted by Gasteiger charge is -2.12. The van der Waals surface area contributed by atoms with Crippen LogP contribution in [0.4, 0.5) is 0 Å². The van der Waals surface area contributed by atoms with Crippen LogP contribution in [0.25, 0.3) is 6.08 Å². The minimum atomic E-state index is -0.681. The molecule has 0 spiro atoms. The van der Waals surface area contributed by atoms with Gasteiger partial charge in [0.25, 0.3) is 5.91 Å². The van der Waals surface area contributed by atoms with Gasteiger partial charge < -0.3 is 15.4 Å². The molecule has 2 amide bonds. The Morgan fingerprint density at radius 1 is 1.26 bits per heavy atom. The number of hydrogen-bond acceptors (Lipinski definition) is 4. The third-order valence-electron chi connectivity index (χ3n) is 2.75. The predicted octanol–water partition coefficient (Wildman–Crippen LogP) is 1.65. The van der Waals surface area contributed by atoms with Gasteiger partial charge in [0.2, 0.25) is 5.91 Å². The first-order valence-electron chi connectivity index (χ1n) is 7.10. The Kier molecular flexibility index (Phi) is 8.04. The van der Waals surface area contributed by atoms with Crippen molar-refractivity contribution in [3.05, 3.63) is 40.4 Å². The van der Waals surface area contributed by atoms with Gasteiger partial charge in [0.05, 0.1) is 0 Å². The molecule has 1 aromatic rings. The van der Waals surface area contributed by atoms with Crippen molar-refractivity contribution >= 4 is 39.8 Å². The quantitative estimate of drug-likeness (QED) is 0.554. The van der Waals surface area contributed by atoms with Crippen molar-refractivity contribution in [1.29, 1.82) is 0 Å². The summed E-state index contributed by atoms with van der Waals surface area (Å²) in [5.74, 6) is -1.45. The largest absolute Gasteiger partial charge is 0.452 e. The summed E-state index contributed by atoms with van der Waals surface area (Å²) >= 11 is 3.32. The van der Waals surface area contributed by atoms with Gasteiger partial charge in [0.15, 0.2) is 6.61 Å². The van der Waals surface area contributed by atoms with Crippen LogP contribution in [0, 0.1) is 0 Å². The smallest absolute Gasteiger partial charge is 0.331 e. The fourth-order valence-electron chi connectivity index (χ4n) is 1.60. The molecule has 7 heteroatoms. The summed E-state index contributed by atoms with van der Waals surface area (Å²) < 4.78 is 5.75. The van der Waals surface area contributed by atoms with Crippen LogP contribution in [0.15, 0.2) is 34.8 Å². The number of nitrogens with one attached hydrogen (secondary N) is 2. The van der Waals surface area contributed by atoms with Gasteiger partial charge in [0.1, 0.15) is 6.04 Å². The zero-order valence-corrected chi connectivity index (χ0v) is 14.6. The lowest BCUT2D eigenvalue weighted by Crippen LogP contribution is -2.46. The molecule has 1 rings (SSSR count). The average molecular weight is 383 g/mol. The van der Waals surface area contributed by atoms with Gasteiger partial charge in [-0.15, -0.1) is 0 Å². The summed E-state index contributed by atoms with van der Waals surface area (Å²) in [4.78, 5) is 34.6. The van der Waals surface area contributed by atoms with Crippen LogP contribution >= 0.6 is 15.9 Å². The molecule has 0 saturated heterocycles. The molecule has 0 unspecified atom stereocenters. The van der Waals surface area contributed by atoms with Gasteiger partial charge in [0, 0.05) is 17.1 Å². The molecule has 0 saturated carbocycles. The van der Waals surface area contributed by atoms with E-state index in [1.54, 1.807) is 19.9 Å².